The number of para-hydroxylation sites is 1. The Kier molecular flexibility index (Phi) is 5.02. The molecule has 0 unspecified atom stereocenters. The number of benzene rings is 1. The number of carbonyl (C=O) groups is 1. The quantitative estimate of drug-likeness (QED) is 0.676. The van der Waals surface area contributed by atoms with Crippen LogP contribution in [0.5, 0.6) is 0 Å². The summed E-state index contributed by atoms with van der Waals surface area (Å²) in [6, 6.07) is 9.87. The molecule has 1 N–H and O–H groups in total. The summed E-state index contributed by atoms with van der Waals surface area (Å²) < 4.78 is 2.57. The van der Waals surface area contributed by atoms with Gasteiger partial charge < -0.3 is 9.47 Å². The van der Waals surface area contributed by atoms with Gasteiger partial charge in [0.05, 0.1) is 11.1 Å². The normalized spacial score (nSPS) is 15.5. The van der Waals surface area contributed by atoms with Crippen molar-refractivity contribution in [3.8, 4) is 0 Å². The molecule has 0 bridgehead atoms. The van der Waals surface area contributed by atoms with Gasteiger partial charge in [-0.25, -0.2) is 0 Å². The van der Waals surface area contributed by atoms with Gasteiger partial charge in [-0.15, -0.1) is 0 Å². The number of nitrogens with zero attached hydrogens (tertiary/aromatic N) is 4. The smallest absolute Gasteiger partial charge is 0.254 e. The van der Waals surface area contributed by atoms with Crippen LogP contribution in [-0.2, 0) is 7.05 Å². The molecular weight excluding hydrogens is 370 g/mol. The fraction of sp³-hybridized carbons (Fsp3) is 0.429. The third-order valence-corrected chi connectivity index (χ3v) is 5.98. The number of H-pyrrole nitrogens is 1. The molecule has 6 nitrogen and oxygen atoms in total. The molecule has 0 spiro atoms. The topological polar surface area (TPSA) is 66.8 Å². The molecule has 0 radical (unpaired) electrons. The van der Waals surface area contributed by atoms with Gasteiger partial charge in [-0.3, -0.25) is 14.9 Å². The lowest BCUT2D eigenvalue weighted by atomic mass is 9.94. The van der Waals surface area contributed by atoms with Crippen LogP contribution in [0.1, 0.15) is 60.4 Å². The number of likely N-dealkylation sites (tertiary alicyclic amines) is 1. The largest absolute Gasteiger partial charge is 0.339 e. The third-order valence-electron chi connectivity index (χ3n) is 5.62. The number of nitrogens with one attached hydrogen (secondary N) is 1. The lowest BCUT2D eigenvalue weighted by Gasteiger charge is -2.32. The lowest BCUT2D eigenvalue weighted by Crippen LogP contribution is -2.38. The molecule has 28 heavy (non-hydrogen) atoms. The van der Waals surface area contributed by atoms with E-state index >= 15 is 0 Å². The first-order valence-corrected chi connectivity index (χ1v) is 10.2. The summed E-state index contributed by atoms with van der Waals surface area (Å²) in [5, 5.41) is 8.16. The van der Waals surface area contributed by atoms with E-state index in [2.05, 4.69) is 24.0 Å². The summed E-state index contributed by atoms with van der Waals surface area (Å²) in [6.07, 6.45) is 1.78. The highest BCUT2D eigenvalue weighted by Gasteiger charge is 2.28. The Morgan fingerprint density at radius 1 is 1.25 bits per heavy atom. The van der Waals surface area contributed by atoms with Gasteiger partial charge in [-0.2, -0.15) is 5.10 Å². The average molecular weight is 396 g/mol. The maximum absolute atomic E-state index is 13.4. The van der Waals surface area contributed by atoms with Gasteiger partial charge in [-0.1, -0.05) is 32.0 Å². The van der Waals surface area contributed by atoms with Crippen LogP contribution >= 0.6 is 12.2 Å². The summed E-state index contributed by atoms with van der Waals surface area (Å²) in [5.41, 5.74) is 2.60. The van der Waals surface area contributed by atoms with E-state index in [-0.39, 0.29) is 11.8 Å². The molecule has 1 amide bonds. The lowest BCUT2D eigenvalue weighted by molar-refractivity contribution is 0.0712. The van der Waals surface area contributed by atoms with E-state index in [1.807, 2.05) is 46.8 Å². The molecular formula is C21H25N5OS. The highest BCUT2D eigenvalue weighted by molar-refractivity contribution is 7.71. The molecule has 7 heteroatoms. The molecule has 4 rings (SSSR count). The van der Waals surface area contributed by atoms with Crippen molar-refractivity contribution in [3.05, 3.63) is 52.2 Å². The van der Waals surface area contributed by atoms with E-state index in [4.69, 9.17) is 17.2 Å². The zero-order valence-electron chi connectivity index (χ0n) is 16.5. The first kappa shape index (κ1) is 18.8. The molecule has 1 saturated heterocycles. The predicted octanol–water partition coefficient (Wildman–Crippen LogP) is 4.17. The fourth-order valence-electron chi connectivity index (χ4n) is 3.90. The van der Waals surface area contributed by atoms with E-state index in [9.17, 15) is 4.79 Å². The van der Waals surface area contributed by atoms with E-state index in [1.165, 1.54) is 0 Å². The van der Waals surface area contributed by atoms with E-state index < -0.39 is 0 Å². The zero-order chi connectivity index (χ0) is 19.8. The van der Waals surface area contributed by atoms with Crippen molar-refractivity contribution in [1.29, 1.82) is 0 Å². The van der Waals surface area contributed by atoms with E-state index in [0.29, 0.717) is 10.7 Å². The Balaban J connectivity index is 1.59. The monoisotopic (exact) mass is 395 g/mol. The molecule has 3 heterocycles. The SMILES string of the molecule is CC(C)c1cc(C(=O)N2CCC(c3n[nH]c(=S)n3C)CC2)c2ccccc2n1. The number of rotatable bonds is 3. The van der Waals surface area contributed by atoms with Crippen LogP contribution in [0.3, 0.4) is 0 Å². The van der Waals surface area contributed by atoms with Gasteiger partial charge >= 0.3 is 0 Å². The van der Waals surface area contributed by atoms with Crippen molar-refractivity contribution in [2.75, 3.05) is 13.1 Å². The molecule has 0 atom stereocenters. The Morgan fingerprint density at radius 2 is 1.96 bits per heavy atom. The number of aromatic nitrogens is 4. The van der Waals surface area contributed by atoms with Crippen LogP contribution in [0, 0.1) is 4.77 Å². The minimum atomic E-state index is 0.0920. The number of aromatic amines is 1. The van der Waals surface area contributed by atoms with Crippen molar-refractivity contribution in [1.82, 2.24) is 24.6 Å². The van der Waals surface area contributed by atoms with Crippen LogP contribution in [0.25, 0.3) is 10.9 Å². The summed E-state index contributed by atoms with van der Waals surface area (Å²) in [6.45, 7) is 5.65. The molecule has 1 aliphatic heterocycles. The van der Waals surface area contributed by atoms with Gasteiger partial charge in [0.15, 0.2) is 4.77 Å². The standard InChI is InChI=1S/C21H25N5OS/c1-13(2)18-12-16(15-6-4-5-7-17(15)22-18)20(27)26-10-8-14(9-11-26)19-23-24-21(28)25(19)3/h4-7,12-14H,8-11H2,1-3H3,(H,24,28). The number of hydrogen-bond donors (Lipinski definition) is 1. The minimum absolute atomic E-state index is 0.0920. The second-order valence-electron chi connectivity index (χ2n) is 7.78. The van der Waals surface area contributed by atoms with Crippen molar-refractivity contribution in [2.24, 2.45) is 7.05 Å². The van der Waals surface area contributed by atoms with Crippen molar-refractivity contribution in [3.63, 3.8) is 0 Å². The van der Waals surface area contributed by atoms with Crippen LogP contribution < -0.4 is 0 Å². The highest BCUT2D eigenvalue weighted by atomic mass is 32.1. The molecule has 1 aromatic carbocycles. The van der Waals surface area contributed by atoms with Crippen molar-refractivity contribution < 1.29 is 4.79 Å². The van der Waals surface area contributed by atoms with Gasteiger partial charge in [0.25, 0.3) is 5.91 Å². The van der Waals surface area contributed by atoms with Gasteiger partial charge in [0.2, 0.25) is 0 Å². The Bertz CT molecular complexity index is 1080. The first-order chi connectivity index (χ1) is 13.5. The number of fused-ring (bicyclic) bond motifs is 1. The number of pyridine rings is 1. The van der Waals surface area contributed by atoms with Crippen LogP contribution in [0.4, 0.5) is 0 Å². The Labute approximate surface area is 169 Å². The van der Waals surface area contributed by atoms with Crippen LogP contribution in [0.15, 0.2) is 30.3 Å². The first-order valence-electron chi connectivity index (χ1n) is 9.76. The molecule has 146 valence electrons. The molecule has 1 aliphatic rings. The summed E-state index contributed by atoms with van der Waals surface area (Å²) in [5.74, 6) is 1.67. The Morgan fingerprint density at radius 3 is 2.61 bits per heavy atom. The van der Waals surface area contributed by atoms with E-state index in [1.54, 1.807) is 0 Å². The number of hydrogen-bond acceptors (Lipinski definition) is 4. The van der Waals surface area contributed by atoms with Gasteiger partial charge in [0, 0.05) is 37.1 Å². The summed E-state index contributed by atoms with van der Waals surface area (Å²) in [4.78, 5) is 20.1. The highest BCUT2D eigenvalue weighted by Crippen LogP contribution is 2.29. The maximum atomic E-state index is 13.4. The second kappa shape index (κ2) is 7.47. The molecule has 3 aromatic rings. The van der Waals surface area contributed by atoms with Crippen LogP contribution in [-0.4, -0.2) is 43.6 Å². The summed E-state index contributed by atoms with van der Waals surface area (Å²) in [7, 11) is 1.94. The maximum Gasteiger partial charge on any atom is 0.254 e. The summed E-state index contributed by atoms with van der Waals surface area (Å²) >= 11 is 5.22. The zero-order valence-corrected chi connectivity index (χ0v) is 17.3. The second-order valence-corrected chi connectivity index (χ2v) is 8.17. The van der Waals surface area contributed by atoms with Crippen molar-refractivity contribution in [2.45, 2.75) is 38.5 Å². The van der Waals surface area contributed by atoms with Gasteiger partial charge in [0.1, 0.15) is 5.82 Å². The number of carbonyl (C=O) groups excluding carboxylic acids is 1. The van der Waals surface area contributed by atoms with E-state index in [0.717, 1.165) is 53.9 Å². The average Bonchev–Trinajstić information content (AvgIpc) is 3.05. The number of amides is 1. The molecule has 2 aromatic heterocycles. The molecule has 0 aliphatic carbocycles. The predicted molar refractivity (Wildman–Crippen MR) is 112 cm³/mol. The minimum Gasteiger partial charge on any atom is -0.339 e. The number of piperidine rings is 1. The fourth-order valence-corrected chi connectivity index (χ4v) is 4.04. The van der Waals surface area contributed by atoms with Crippen LogP contribution in [0.2, 0.25) is 0 Å². The van der Waals surface area contributed by atoms with Gasteiger partial charge in [-0.05, 0) is 43.1 Å². The molecule has 1 fully saturated rings. The Hall–Kier alpha value is -2.54. The third kappa shape index (κ3) is 3.35. The molecule has 0 saturated carbocycles. The van der Waals surface area contributed by atoms with Crippen molar-refractivity contribution >= 4 is 29.0 Å².